The van der Waals surface area contributed by atoms with Gasteiger partial charge in [0, 0.05) is 14.1 Å². The van der Waals surface area contributed by atoms with Gasteiger partial charge in [-0.1, -0.05) is 0 Å². The number of carboxylic acid groups (broad SMARTS) is 1. The van der Waals surface area contributed by atoms with E-state index < -0.39 is 12.0 Å². The molecule has 6 nitrogen and oxygen atoms in total. The average molecular weight is 176 g/mol. The van der Waals surface area contributed by atoms with E-state index in [0.29, 0.717) is 0 Å². The van der Waals surface area contributed by atoms with Gasteiger partial charge in [-0.2, -0.15) is 0 Å². The maximum Gasteiger partial charge on any atom is 0.407 e. The highest BCUT2D eigenvalue weighted by atomic mass is 16.7. The Morgan fingerprint density at radius 1 is 1.42 bits per heavy atom. The first-order valence-corrected chi connectivity index (χ1v) is 3.23. The summed E-state index contributed by atoms with van der Waals surface area (Å²) in [4.78, 5) is 26.7. The van der Waals surface area contributed by atoms with Crippen molar-refractivity contribution in [1.82, 2.24) is 9.96 Å². The first-order chi connectivity index (χ1) is 5.49. The molecule has 0 aromatic rings. The molecule has 0 unspecified atom stereocenters. The fraction of sp³-hybridized carbons (Fsp3) is 0.667. The van der Waals surface area contributed by atoms with Crippen LogP contribution in [0.1, 0.15) is 0 Å². The summed E-state index contributed by atoms with van der Waals surface area (Å²) in [6.45, 7) is -0.209. The third-order valence-electron chi connectivity index (χ3n) is 1.32. The molecule has 0 bridgehead atoms. The summed E-state index contributed by atoms with van der Waals surface area (Å²) in [5, 5.41) is 9.37. The second kappa shape index (κ2) is 4.55. The van der Waals surface area contributed by atoms with Crippen molar-refractivity contribution in [2.75, 3.05) is 27.7 Å². The molecular weight excluding hydrogens is 164 g/mol. The predicted octanol–water partition coefficient (Wildman–Crippen LogP) is -0.384. The lowest BCUT2D eigenvalue weighted by molar-refractivity contribution is -0.169. The van der Waals surface area contributed by atoms with Crippen LogP contribution in [0.15, 0.2) is 0 Å². The Kier molecular flexibility index (Phi) is 4.06. The molecule has 0 saturated heterocycles. The number of amides is 2. The summed E-state index contributed by atoms with van der Waals surface area (Å²) >= 11 is 0. The van der Waals surface area contributed by atoms with E-state index in [9.17, 15) is 9.59 Å². The van der Waals surface area contributed by atoms with Gasteiger partial charge in [0.05, 0.1) is 7.11 Å². The van der Waals surface area contributed by atoms with Gasteiger partial charge in [0.1, 0.15) is 6.54 Å². The first kappa shape index (κ1) is 10.7. The molecule has 0 atom stereocenters. The van der Waals surface area contributed by atoms with Gasteiger partial charge < -0.3 is 10.0 Å². The minimum atomic E-state index is -1.15. The van der Waals surface area contributed by atoms with Gasteiger partial charge in [-0.15, -0.1) is 0 Å². The molecule has 0 aliphatic rings. The van der Waals surface area contributed by atoms with Crippen LogP contribution >= 0.6 is 0 Å². The van der Waals surface area contributed by atoms with E-state index in [4.69, 9.17) is 5.11 Å². The number of likely N-dealkylation sites (N-methyl/N-ethyl adjacent to an activating group) is 2. The maximum atomic E-state index is 11.0. The molecule has 0 radical (unpaired) electrons. The van der Waals surface area contributed by atoms with Crippen molar-refractivity contribution in [3.05, 3.63) is 0 Å². The molecule has 6 heteroatoms. The van der Waals surface area contributed by atoms with Crippen molar-refractivity contribution < 1.29 is 19.5 Å². The quantitative estimate of drug-likeness (QED) is 0.595. The molecule has 0 saturated carbocycles. The van der Waals surface area contributed by atoms with E-state index in [-0.39, 0.29) is 6.54 Å². The summed E-state index contributed by atoms with van der Waals surface area (Å²) in [6.07, 6.45) is -1.15. The molecule has 1 N–H and O–H groups in total. The van der Waals surface area contributed by atoms with Crippen molar-refractivity contribution in [3.8, 4) is 0 Å². The zero-order valence-electron chi connectivity index (χ0n) is 7.27. The lowest BCUT2D eigenvalue weighted by atomic mass is 10.5. The summed E-state index contributed by atoms with van der Waals surface area (Å²) in [5.74, 6) is -0.414. The Labute approximate surface area is 70.3 Å². The SMILES string of the molecule is CON(C)C(=O)CN(C)C(=O)O. The number of hydroxylamine groups is 2. The molecule has 0 rings (SSSR count). The minimum Gasteiger partial charge on any atom is -0.465 e. The summed E-state index contributed by atoms with van der Waals surface area (Å²) in [5.41, 5.74) is 0. The smallest absolute Gasteiger partial charge is 0.407 e. The van der Waals surface area contributed by atoms with Crippen molar-refractivity contribution in [2.24, 2.45) is 0 Å². The zero-order valence-corrected chi connectivity index (χ0v) is 7.27. The van der Waals surface area contributed by atoms with Crippen LogP contribution < -0.4 is 0 Å². The molecule has 70 valence electrons. The van der Waals surface area contributed by atoms with Gasteiger partial charge in [-0.3, -0.25) is 9.63 Å². The van der Waals surface area contributed by atoms with Gasteiger partial charge in [0.2, 0.25) is 0 Å². The number of nitrogens with zero attached hydrogens (tertiary/aromatic N) is 2. The number of hydrogen-bond donors (Lipinski definition) is 1. The molecule has 0 fully saturated rings. The lowest BCUT2D eigenvalue weighted by Gasteiger charge is -2.17. The topological polar surface area (TPSA) is 70.1 Å². The molecule has 0 aromatic heterocycles. The van der Waals surface area contributed by atoms with E-state index in [0.717, 1.165) is 9.96 Å². The van der Waals surface area contributed by atoms with Crippen molar-refractivity contribution in [1.29, 1.82) is 0 Å². The third kappa shape index (κ3) is 3.20. The highest BCUT2D eigenvalue weighted by Gasteiger charge is 2.14. The van der Waals surface area contributed by atoms with Crippen LogP contribution in [0.2, 0.25) is 0 Å². The second-order valence-electron chi connectivity index (χ2n) is 2.21. The van der Waals surface area contributed by atoms with Crippen LogP contribution in [0, 0.1) is 0 Å². The third-order valence-corrected chi connectivity index (χ3v) is 1.32. The average Bonchev–Trinajstić information content (AvgIpc) is 2.02. The van der Waals surface area contributed by atoms with E-state index >= 15 is 0 Å². The number of hydrogen-bond acceptors (Lipinski definition) is 3. The summed E-state index contributed by atoms with van der Waals surface area (Å²) in [7, 11) is 4.06. The molecule has 0 aliphatic carbocycles. The lowest BCUT2D eigenvalue weighted by Crippen LogP contribution is -2.38. The van der Waals surface area contributed by atoms with E-state index in [1.165, 1.54) is 21.2 Å². The van der Waals surface area contributed by atoms with E-state index in [2.05, 4.69) is 4.84 Å². The Bertz CT molecular complexity index is 182. The van der Waals surface area contributed by atoms with Crippen LogP contribution in [0.25, 0.3) is 0 Å². The van der Waals surface area contributed by atoms with Gasteiger partial charge >= 0.3 is 6.09 Å². The van der Waals surface area contributed by atoms with Crippen molar-refractivity contribution in [3.63, 3.8) is 0 Å². The van der Waals surface area contributed by atoms with Crippen LogP contribution in [-0.2, 0) is 9.63 Å². The van der Waals surface area contributed by atoms with E-state index in [1.807, 2.05) is 0 Å². The number of carbonyl (C=O) groups excluding carboxylic acids is 1. The number of rotatable bonds is 3. The first-order valence-electron chi connectivity index (χ1n) is 3.23. The predicted molar refractivity (Wildman–Crippen MR) is 40.4 cm³/mol. The Morgan fingerprint density at radius 3 is 2.25 bits per heavy atom. The fourth-order valence-corrected chi connectivity index (χ4v) is 0.472. The highest BCUT2D eigenvalue weighted by Crippen LogP contribution is 1.89. The van der Waals surface area contributed by atoms with Crippen molar-refractivity contribution in [2.45, 2.75) is 0 Å². The molecule has 2 amide bonds. The summed E-state index contributed by atoms with van der Waals surface area (Å²) in [6, 6.07) is 0. The number of carbonyl (C=O) groups is 2. The standard InChI is InChI=1S/C6H12N2O4/c1-7(6(10)11)4-5(9)8(2)12-3/h4H2,1-3H3,(H,10,11). The summed E-state index contributed by atoms with van der Waals surface area (Å²) < 4.78 is 0. The molecule has 0 spiro atoms. The van der Waals surface area contributed by atoms with Crippen LogP contribution in [0.4, 0.5) is 4.79 Å². The molecule has 0 aliphatic heterocycles. The van der Waals surface area contributed by atoms with Crippen LogP contribution in [0.3, 0.4) is 0 Å². The van der Waals surface area contributed by atoms with E-state index in [1.54, 1.807) is 0 Å². The Morgan fingerprint density at radius 2 is 1.92 bits per heavy atom. The van der Waals surface area contributed by atoms with Gasteiger partial charge in [0.25, 0.3) is 5.91 Å². The second-order valence-corrected chi connectivity index (χ2v) is 2.21. The molecular formula is C6H12N2O4. The molecule has 12 heavy (non-hydrogen) atoms. The normalized spacial score (nSPS) is 9.25. The maximum absolute atomic E-state index is 11.0. The molecule has 0 heterocycles. The van der Waals surface area contributed by atoms with Crippen LogP contribution in [0.5, 0.6) is 0 Å². The van der Waals surface area contributed by atoms with Gasteiger partial charge in [-0.25, -0.2) is 9.86 Å². The van der Waals surface area contributed by atoms with Crippen LogP contribution in [-0.4, -0.2) is 54.8 Å². The fourth-order valence-electron chi connectivity index (χ4n) is 0.472. The minimum absolute atomic E-state index is 0.209. The Balaban J connectivity index is 3.92. The Hall–Kier alpha value is -1.30. The highest BCUT2D eigenvalue weighted by molar-refractivity contribution is 5.80. The molecule has 0 aromatic carbocycles. The largest absolute Gasteiger partial charge is 0.465 e. The zero-order chi connectivity index (χ0) is 9.72. The monoisotopic (exact) mass is 176 g/mol. The van der Waals surface area contributed by atoms with Gasteiger partial charge in [0.15, 0.2) is 0 Å². The van der Waals surface area contributed by atoms with Gasteiger partial charge in [-0.05, 0) is 0 Å². The van der Waals surface area contributed by atoms with Crippen molar-refractivity contribution >= 4 is 12.0 Å².